The van der Waals surface area contributed by atoms with Gasteiger partial charge >= 0.3 is 6.09 Å². The molecule has 1 aliphatic heterocycles. The van der Waals surface area contributed by atoms with Crippen LogP contribution in [0.4, 0.5) is 4.79 Å². The van der Waals surface area contributed by atoms with E-state index in [1.807, 2.05) is 0 Å². The molecule has 1 amide bonds. The van der Waals surface area contributed by atoms with E-state index in [9.17, 15) is 4.79 Å². The number of alkyl carbamates (subject to hydrolysis) is 1. The minimum absolute atomic E-state index is 0.0457. The number of methoxy groups -OCH3 is 1. The zero-order valence-corrected chi connectivity index (χ0v) is 8.99. The van der Waals surface area contributed by atoms with Crippen LogP contribution in [0.3, 0.4) is 0 Å². The van der Waals surface area contributed by atoms with Gasteiger partial charge in [-0.2, -0.15) is 0 Å². The van der Waals surface area contributed by atoms with E-state index in [4.69, 9.17) is 9.47 Å². The van der Waals surface area contributed by atoms with Crippen LogP contribution in [0.2, 0.25) is 0 Å². The summed E-state index contributed by atoms with van der Waals surface area (Å²) in [7, 11) is 1.69. The van der Waals surface area contributed by atoms with E-state index >= 15 is 0 Å². The minimum Gasteiger partial charge on any atom is -0.446 e. The zero-order chi connectivity index (χ0) is 10.7. The van der Waals surface area contributed by atoms with Gasteiger partial charge in [-0.05, 0) is 13.0 Å². The van der Waals surface area contributed by atoms with Gasteiger partial charge in [0.1, 0.15) is 6.10 Å². The Kier molecular flexibility index (Phi) is 3.43. The Labute approximate surface area is 89.5 Å². The quantitative estimate of drug-likeness (QED) is 0.707. The van der Waals surface area contributed by atoms with E-state index in [0.29, 0.717) is 0 Å². The van der Waals surface area contributed by atoms with Gasteiger partial charge in [-0.25, -0.2) is 4.79 Å². The molecule has 0 radical (unpaired) electrons. The van der Waals surface area contributed by atoms with E-state index in [-0.39, 0.29) is 24.3 Å². The Morgan fingerprint density at radius 1 is 1.40 bits per heavy atom. The van der Waals surface area contributed by atoms with Crippen LogP contribution in [-0.2, 0) is 9.47 Å². The molecule has 1 heterocycles. The zero-order valence-electron chi connectivity index (χ0n) is 8.99. The fraction of sp³-hybridized carbons (Fsp3) is 0.900. The molecule has 0 unspecified atom stereocenters. The lowest BCUT2D eigenvalue weighted by molar-refractivity contribution is -0.0566. The first kappa shape index (κ1) is 10.7. The van der Waals surface area contributed by atoms with Gasteiger partial charge in [0.05, 0.1) is 6.10 Å². The molecular weight excluding hydrogens is 196 g/mol. The monoisotopic (exact) mass is 214 g/mol. The van der Waals surface area contributed by atoms with E-state index in [0.717, 1.165) is 32.4 Å². The molecule has 1 saturated carbocycles. The van der Waals surface area contributed by atoms with E-state index < -0.39 is 0 Å². The summed E-state index contributed by atoms with van der Waals surface area (Å²) in [5, 5.41) is 6.03. The second-order valence-corrected chi connectivity index (χ2v) is 4.19. The van der Waals surface area contributed by atoms with E-state index in [2.05, 4.69) is 10.6 Å². The topological polar surface area (TPSA) is 59.6 Å². The lowest BCUT2D eigenvalue weighted by Crippen LogP contribution is -2.43. The molecule has 86 valence electrons. The third kappa shape index (κ3) is 2.82. The predicted octanol–water partition coefficient (Wildman–Crippen LogP) is 0.252. The Bertz CT molecular complexity index is 223. The van der Waals surface area contributed by atoms with Crippen molar-refractivity contribution in [2.45, 2.75) is 37.5 Å². The molecule has 0 aromatic rings. The fourth-order valence-corrected chi connectivity index (χ4v) is 1.94. The summed E-state index contributed by atoms with van der Waals surface area (Å²) < 4.78 is 10.3. The standard InChI is InChI=1S/C10H18N2O3/c1-14-8-4-9(5-8)15-10(13)12-7-2-3-11-6-7/h7-9,11H,2-6H2,1H3,(H,12,13)/t7-,8?,9?/m0/s1. The van der Waals surface area contributed by atoms with Gasteiger partial charge in [-0.3, -0.25) is 0 Å². The molecule has 0 aromatic heterocycles. The van der Waals surface area contributed by atoms with Crippen LogP contribution in [0.5, 0.6) is 0 Å². The molecule has 1 aliphatic carbocycles. The average Bonchev–Trinajstić information content (AvgIpc) is 2.63. The van der Waals surface area contributed by atoms with E-state index in [1.54, 1.807) is 7.11 Å². The molecule has 2 rings (SSSR count). The summed E-state index contributed by atoms with van der Waals surface area (Å²) in [4.78, 5) is 11.4. The van der Waals surface area contributed by atoms with Gasteiger partial charge in [0.2, 0.25) is 0 Å². The van der Waals surface area contributed by atoms with Crippen LogP contribution in [0.25, 0.3) is 0 Å². The molecule has 2 fully saturated rings. The first-order valence-electron chi connectivity index (χ1n) is 5.48. The fourth-order valence-electron chi connectivity index (χ4n) is 1.94. The van der Waals surface area contributed by atoms with Gasteiger partial charge in [0.15, 0.2) is 0 Å². The van der Waals surface area contributed by atoms with Crippen LogP contribution in [0.1, 0.15) is 19.3 Å². The average molecular weight is 214 g/mol. The van der Waals surface area contributed by atoms with Gasteiger partial charge in [-0.15, -0.1) is 0 Å². The first-order valence-corrected chi connectivity index (χ1v) is 5.48. The molecule has 0 bridgehead atoms. The van der Waals surface area contributed by atoms with Gasteiger partial charge < -0.3 is 20.1 Å². The normalized spacial score (nSPS) is 34.6. The molecule has 2 N–H and O–H groups in total. The third-order valence-electron chi connectivity index (χ3n) is 3.04. The molecule has 0 spiro atoms. The van der Waals surface area contributed by atoms with Crippen LogP contribution in [-0.4, -0.2) is 44.5 Å². The molecule has 2 aliphatic rings. The molecular formula is C10H18N2O3. The second-order valence-electron chi connectivity index (χ2n) is 4.19. The van der Waals surface area contributed by atoms with Crippen LogP contribution < -0.4 is 10.6 Å². The Morgan fingerprint density at radius 2 is 2.20 bits per heavy atom. The Hall–Kier alpha value is -0.810. The van der Waals surface area contributed by atoms with Crippen molar-refractivity contribution in [3.63, 3.8) is 0 Å². The number of ether oxygens (including phenoxy) is 2. The van der Waals surface area contributed by atoms with Gasteiger partial charge in [0, 0.05) is 32.5 Å². The van der Waals surface area contributed by atoms with Crippen molar-refractivity contribution < 1.29 is 14.3 Å². The lowest BCUT2D eigenvalue weighted by atomic mass is 9.92. The third-order valence-corrected chi connectivity index (χ3v) is 3.04. The van der Waals surface area contributed by atoms with Crippen molar-refractivity contribution in [1.29, 1.82) is 0 Å². The molecule has 15 heavy (non-hydrogen) atoms. The van der Waals surface area contributed by atoms with Crippen LogP contribution >= 0.6 is 0 Å². The number of carbonyl (C=O) groups excluding carboxylic acids is 1. The number of hydrogen-bond donors (Lipinski definition) is 2. The summed E-state index contributed by atoms with van der Waals surface area (Å²) >= 11 is 0. The van der Waals surface area contributed by atoms with Crippen molar-refractivity contribution in [1.82, 2.24) is 10.6 Å². The summed E-state index contributed by atoms with van der Waals surface area (Å²) in [6, 6.07) is 0.232. The van der Waals surface area contributed by atoms with Crippen molar-refractivity contribution in [2.75, 3.05) is 20.2 Å². The SMILES string of the molecule is COC1CC(OC(=O)N[C@H]2CCNC2)C1. The summed E-state index contributed by atoms with van der Waals surface area (Å²) in [5.74, 6) is 0. The number of carbonyl (C=O) groups is 1. The first-order chi connectivity index (χ1) is 7.28. The van der Waals surface area contributed by atoms with Gasteiger partial charge in [0.25, 0.3) is 0 Å². The predicted molar refractivity (Wildman–Crippen MR) is 54.7 cm³/mol. The summed E-state index contributed by atoms with van der Waals surface area (Å²) in [5.41, 5.74) is 0. The largest absolute Gasteiger partial charge is 0.446 e. The highest BCUT2D eigenvalue weighted by Crippen LogP contribution is 2.25. The van der Waals surface area contributed by atoms with Crippen molar-refractivity contribution in [3.05, 3.63) is 0 Å². The molecule has 1 saturated heterocycles. The number of amides is 1. The minimum atomic E-state index is -0.289. The molecule has 5 heteroatoms. The Morgan fingerprint density at radius 3 is 2.80 bits per heavy atom. The molecule has 5 nitrogen and oxygen atoms in total. The second kappa shape index (κ2) is 4.81. The smallest absolute Gasteiger partial charge is 0.407 e. The maximum Gasteiger partial charge on any atom is 0.407 e. The molecule has 1 atom stereocenters. The van der Waals surface area contributed by atoms with Crippen LogP contribution in [0, 0.1) is 0 Å². The maximum absolute atomic E-state index is 11.4. The van der Waals surface area contributed by atoms with Crippen molar-refractivity contribution in [3.8, 4) is 0 Å². The maximum atomic E-state index is 11.4. The molecule has 0 aromatic carbocycles. The van der Waals surface area contributed by atoms with E-state index in [1.165, 1.54) is 0 Å². The van der Waals surface area contributed by atoms with Crippen molar-refractivity contribution in [2.24, 2.45) is 0 Å². The highest BCUT2D eigenvalue weighted by atomic mass is 16.6. The highest BCUT2D eigenvalue weighted by Gasteiger charge is 2.32. The van der Waals surface area contributed by atoms with Crippen molar-refractivity contribution >= 4 is 6.09 Å². The number of nitrogens with one attached hydrogen (secondary N) is 2. The van der Waals surface area contributed by atoms with Crippen LogP contribution in [0.15, 0.2) is 0 Å². The lowest BCUT2D eigenvalue weighted by Gasteiger charge is -2.33. The van der Waals surface area contributed by atoms with Gasteiger partial charge in [-0.1, -0.05) is 0 Å². The highest BCUT2D eigenvalue weighted by molar-refractivity contribution is 5.68. The number of hydrogen-bond acceptors (Lipinski definition) is 4. The summed E-state index contributed by atoms with van der Waals surface area (Å²) in [6.07, 6.45) is 2.67. The summed E-state index contributed by atoms with van der Waals surface area (Å²) in [6.45, 7) is 1.82. The number of rotatable bonds is 3. The Balaban J connectivity index is 1.61.